The van der Waals surface area contributed by atoms with E-state index in [9.17, 15) is 0 Å². The molecule has 1 aliphatic heterocycles. The van der Waals surface area contributed by atoms with Gasteiger partial charge in [-0.1, -0.05) is 27.4 Å². The van der Waals surface area contributed by atoms with Crippen LogP contribution in [0.4, 0.5) is 0 Å². The molecule has 0 aromatic heterocycles. The second kappa shape index (κ2) is 2.81. The van der Waals surface area contributed by atoms with Crippen molar-refractivity contribution in [2.45, 2.75) is 20.8 Å². The molecular weight excluding hydrogens is 146 g/mol. The first-order valence-corrected chi connectivity index (χ1v) is 4.23. The van der Waals surface area contributed by atoms with Gasteiger partial charge >= 0.3 is 0 Å². The van der Waals surface area contributed by atoms with E-state index in [0.29, 0.717) is 0 Å². The highest BCUT2D eigenvalue weighted by atomic mass is 15.1. The van der Waals surface area contributed by atoms with E-state index in [1.165, 1.54) is 5.57 Å². The zero-order chi connectivity index (χ0) is 9.35. The summed E-state index contributed by atoms with van der Waals surface area (Å²) in [7, 11) is 2.04. The van der Waals surface area contributed by atoms with Gasteiger partial charge in [-0.25, -0.2) is 0 Å². The van der Waals surface area contributed by atoms with Gasteiger partial charge in [0, 0.05) is 19.4 Å². The summed E-state index contributed by atoms with van der Waals surface area (Å²) in [5.41, 5.74) is 2.63. The molecule has 1 heteroatoms. The minimum atomic E-state index is 0.191. The molecule has 0 aromatic carbocycles. The van der Waals surface area contributed by atoms with Crippen LogP contribution in [0, 0.1) is 5.41 Å². The Bertz CT molecular complexity index is 251. The molecule has 0 unspecified atom stereocenters. The average Bonchev–Trinajstić information content (AvgIpc) is 1.92. The Balaban J connectivity index is 2.97. The molecule has 12 heavy (non-hydrogen) atoms. The smallest absolute Gasteiger partial charge is 0.0106 e. The van der Waals surface area contributed by atoms with Crippen molar-refractivity contribution in [2.24, 2.45) is 5.41 Å². The van der Waals surface area contributed by atoms with Gasteiger partial charge in [0.2, 0.25) is 0 Å². The van der Waals surface area contributed by atoms with Crippen molar-refractivity contribution in [2.75, 3.05) is 7.05 Å². The van der Waals surface area contributed by atoms with E-state index >= 15 is 0 Å². The van der Waals surface area contributed by atoms with Crippen LogP contribution in [-0.4, -0.2) is 11.9 Å². The van der Waals surface area contributed by atoms with Crippen molar-refractivity contribution < 1.29 is 0 Å². The number of rotatable bonds is 0. The molecule has 0 radical (unpaired) electrons. The van der Waals surface area contributed by atoms with E-state index in [0.717, 1.165) is 5.57 Å². The maximum absolute atomic E-state index is 4.01. The molecule has 1 nitrogen and oxygen atoms in total. The lowest BCUT2D eigenvalue weighted by Gasteiger charge is -2.28. The highest BCUT2D eigenvalue weighted by Crippen LogP contribution is 2.32. The Morgan fingerprint density at radius 3 is 2.33 bits per heavy atom. The van der Waals surface area contributed by atoms with Gasteiger partial charge in [0.1, 0.15) is 0 Å². The summed E-state index contributed by atoms with van der Waals surface area (Å²) in [6, 6.07) is 0. The molecule has 0 aromatic rings. The topological polar surface area (TPSA) is 3.24 Å². The zero-order valence-electron chi connectivity index (χ0n) is 8.39. The Labute approximate surface area is 75.1 Å². The first-order valence-electron chi connectivity index (χ1n) is 4.23. The van der Waals surface area contributed by atoms with Crippen molar-refractivity contribution in [3.63, 3.8) is 0 Å². The predicted molar refractivity (Wildman–Crippen MR) is 53.6 cm³/mol. The molecule has 66 valence electrons. The molecule has 0 spiro atoms. The van der Waals surface area contributed by atoms with Crippen LogP contribution in [0.25, 0.3) is 0 Å². The number of hydrogen-bond acceptors (Lipinski definition) is 1. The van der Waals surface area contributed by atoms with E-state index in [-0.39, 0.29) is 5.41 Å². The average molecular weight is 163 g/mol. The molecular formula is C11H17N. The lowest BCUT2D eigenvalue weighted by atomic mass is 9.82. The van der Waals surface area contributed by atoms with Crippen LogP contribution >= 0.6 is 0 Å². The van der Waals surface area contributed by atoms with Crippen LogP contribution in [0.3, 0.4) is 0 Å². The summed E-state index contributed by atoms with van der Waals surface area (Å²) < 4.78 is 0. The van der Waals surface area contributed by atoms with Crippen LogP contribution in [0.15, 0.2) is 36.2 Å². The molecule has 1 rings (SSSR count). The summed E-state index contributed by atoms with van der Waals surface area (Å²) in [5, 5.41) is 0. The predicted octanol–water partition coefficient (Wildman–Crippen LogP) is 2.93. The summed E-state index contributed by atoms with van der Waals surface area (Å²) in [6.45, 7) is 10.6. The van der Waals surface area contributed by atoms with Crippen LogP contribution in [-0.2, 0) is 0 Å². The fourth-order valence-electron chi connectivity index (χ4n) is 1.30. The zero-order valence-corrected chi connectivity index (χ0v) is 8.39. The van der Waals surface area contributed by atoms with Gasteiger partial charge in [-0.15, -0.1) is 0 Å². The molecule has 0 N–H and O–H groups in total. The minimum Gasteiger partial charge on any atom is -0.357 e. The van der Waals surface area contributed by atoms with Crippen molar-refractivity contribution in [1.82, 2.24) is 4.90 Å². The van der Waals surface area contributed by atoms with Crippen molar-refractivity contribution in [1.29, 1.82) is 0 Å². The van der Waals surface area contributed by atoms with Gasteiger partial charge in [0.05, 0.1) is 0 Å². The Morgan fingerprint density at radius 1 is 1.33 bits per heavy atom. The van der Waals surface area contributed by atoms with Gasteiger partial charge in [0.25, 0.3) is 0 Å². The second-order valence-electron chi connectivity index (χ2n) is 4.30. The summed E-state index contributed by atoms with van der Waals surface area (Å²) in [4.78, 5) is 2.06. The maximum Gasteiger partial charge on any atom is 0.0106 e. The number of allylic oxidation sites excluding steroid dienone is 3. The Hall–Kier alpha value is -0.980. The second-order valence-corrected chi connectivity index (χ2v) is 4.30. The van der Waals surface area contributed by atoms with Crippen molar-refractivity contribution in [3.05, 3.63) is 36.2 Å². The van der Waals surface area contributed by atoms with E-state index in [1.54, 1.807) is 0 Å². The lowest BCUT2D eigenvalue weighted by Crippen LogP contribution is -2.17. The summed E-state index contributed by atoms with van der Waals surface area (Å²) >= 11 is 0. The first kappa shape index (κ1) is 9.11. The van der Waals surface area contributed by atoms with Crippen molar-refractivity contribution >= 4 is 0 Å². The fourth-order valence-corrected chi connectivity index (χ4v) is 1.30. The standard InChI is InChI=1S/C11H17N/c1-9-6-7-12(5)8-10(9)11(2,3)4/h6-8H,1H2,2-5H3. The fraction of sp³-hybridized carbons (Fsp3) is 0.455. The Morgan fingerprint density at radius 2 is 1.92 bits per heavy atom. The van der Waals surface area contributed by atoms with E-state index in [4.69, 9.17) is 0 Å². The van der Waals surface area contributed by atoms with E-state index < -0.39 is 0 Å². The molecule has 0 aliphatic carbocycles. The van der Waals surface area contributed by atoms with Crippen LogP contribution in [0.1, 0.15) is 20.8 Å². The molecule has 1 heterocycles. The quantitative estimate of drug-likeness (QED) is 0.530. The van der Waals surface area contributed by atoms with E-state index in [1.807, 2.05) is 13.2 Å². The minimum absolute atomic E-state index is 0.191. The molecule has 0 atom stereocenters. The monoisotopic (exact) mass is 163 g/mol. The van der Waals surface area contributed by atoms with Gasteiger partial charge in [-0.05, 0) is 22.6 Å². The number of hydrogen-bond donors (Lipinski definition) is 0. The van der Waals surface area contributed by atoms with E-state index in [2.05, 4.69) is 44.5 Å². The molecule has 0 fully saturated rings. The largest absolute Gasteiger partial charge is 0.357 e. The molecule has 1 aliphatic rings. The first-order chi connectivity index (χ1) is 5.41. The summed E-state index contributed by atoms with van der Waals surface area (Å²) in [5.74, 6) is 0. The maximum atomic E-state index is 4.01. The van der Waals surface area contributed by atoms with Crippen molar-refractivity contribution in [3.8, 4) is 0 Å². The van der Waals surface area contributed by atoms with Gasteiger partial charge in [-0.2, -0.15) is 0 Å². The highest BCUT2D eigenvalue weighted by Gasteiger charge is 2.20. The molecule has 0 bridgehead atoms. The molecule has 0 saturated heterocycles. The summed E-state index contributed by atoms with van der Waals surface area (Å²) in [6.07, 6.45) is 6.22. The van der Waals surface area contributed by atoms with Crippen LogP contribution < -0.4 is 0 Å². The van der Waals surface area contributed by atoms with Crippen LogP contribution in [0.5, 0.6) is 0 Å². The SMILES string of the molecule is C=C1C=CN(C)C=C1C(C)(C)C. The van der Waals surface area contributed by atoms with Gasteiger partial charge in [0.15, 0.2) is 0 Å². The third-order valence-electron chi connectivity index (χ3n) is 2.00. The third-order valence-corrected chi connectivity index (χ3v) is 2.00. The van der Waals surface area contributed by atoms with Crippen LogP contribution in [0.2, 0.25) is 0 Å². The van der Waals surface area contributed by atoms with Gasteiger partial charge in [-0.3, -0.25) is 0 Å². The van der Waals surface area contributed by atoms with Gasteiger partial charge < -0.3 is 4.90 Å². The number of nitrogens with zero attached hydrogens (tertiary/aromatic N) is 1. The molecule has 0 saturated carbocycles. The third kappa shape index (κ3) is 1.79. The highest BCUT2D eigenvalue weighted by molar-refractivity contribution is 5.43. The molecule has 0 amide bonds. The normalized spacial score (nSPS) is 18.2. The Kier molecular flexibility index (Phi) is 2.14. The lowest BCUT2D eigenvalue weighted by molar-refractivity contribution is 0.486.